The molecule has 0 bridgehead atoms. The molecule has 0 spiro atoms. The highest BCUT2D eigenvalue weighted by Gasteiger charge is 2.16. The van der Waals surface area contributed by atoms with Crippen LogP contribution in [0.3, 0.4) is 0 Å². The lowest BCUT2D eigenvalue weighted by atomic mass is 9.90. The van der Waals surface area contributed by atoms with Crippen molar-refractivity contribution in [1.82, 2.24) is 0 Å². The fraction of sp³-hybridized carbons (Fsp3) is 0.0526. The summed E-state index contributed by atoms with van der Waals surface area (Å²) in [7, 11) is 0. The predicted molar refractivity (Wildman–Crippen MR) is 91.8 cm³/mol. The quantitative estimate of drug-likeness (QED) is 0.621. The number of aromatic hydroxyl groups is 3. The Balaban J connectivity index is 2.28. The minimum Gasteiger partial charge on any atom is -0.508 e. The van der Waals surface area contributed by atoms with E-state index < -0.39 is 0 Å². The third-order valence-corrected chi connectivity index (χ3v) is 3.85. The van der Waals surface area contributed by atoms with Gasteiger partial charge in [0.1, 0.15) is 23.8 Å². The van der Waals surface area contributed by atoms with Crippen LogP contribution in [0, 0.1) is 4.91 Å². The van der Waals surface area contributed by atoms with Crippen molar-refractivity contribution < 1.29 is 15.3 Å². The Labute approximate surface area is 138 Å². The van der Waals surface area contributed by atoms with Crippen molar-refractivity contribution in [3.8, 4) is 39.5 Å². The fourth-order valence-electron chi connectivity index (χ4n) is 2.70. The highest BCUT2D eigenvalue weighted by molar-refractivity contribution is 5.87. The molecule has 0 radical (unpaired) electrons. The SMILES string of the molecule is O=NCc1c(O)ccc(-c2ccc(O)cc2)c1-c1ccc(O)cc1. The van der Waals surface area contributed by atoms with Gasteiger partial charge in [0.2, 0.25) is 0 Å². The second-order valence-electron chi connectivity index (χ2n) is 5.37. The molecule has 0 atom stereocenters. The third kappa shape index (κ3) is 2.92. The molecule has 3 rings (SSSR count). The molecule has 0 heterocycles. The summed E-state index contributed by atoms with van der Waals surface area (Å²) in [5.41, 5.74) is 3.44. The Morgan fingerprint density at radius 1 is 0.708 bits per heavy atom. The van der Waals surface area contributed by atoms with E-state index in [4.69, 9.17) is 0 Å². The minimum absolute atomic E-state index is 0.0137. The number of benzene rings is 3. The van der Waals surface area contributed by atoms with Crippen LogP contribution in [0.5, 0.6) is 17.2 Å². The average molecular weight is 321 g/mol. The van der Waals surface area contributed by atoms with E-state index in [-0.39, 0.29) is 23.8 Å². The Kier molecular flexibility index (Phi) is 4.16. The van der Waals surface area contributed by atoms with E-state index in [1.54, 1.807) is 42.5 Å². The van der Waals surface area contributed by atoms with E-state index in [9.17, 15) is 20.2 Å². The molecule has 5 nitrogen and oxygen atoms in total. The van der Waals surface area contributed by atoms with Crippen molar-refractivity contribution in [1.29, 1.82) is 0 Å². The summed E-state index contributed by atoms with van der Waals surface area (Å²) >= 11 is 0. The molecule has 24 heavy (non-hydrogen) atoms. The molecule has 0 saturated carbocycles. The van der Waals surface area contributed by atoms with E-state index >= 15 is 0 Å². The van der Waals surface area contributed by atoms with E-state index in [0.717, 1.165) is 16.7 Å². The van der Waals surface area contributed by atoms with E-state index in [1.165, 1.54) is 18.2 Å². The topological polar surface area (TPSA) is 90.1 Å². The van der Waals surface area contributed by atoms with Crippen LogP contribution in [0.25, 0.3) is 22.3 Å². The van der Waals surface area contributed by atoms with Crippen molar-refractivity contribution in [2.45, 2.75) is 6.54 Å². The first kappa shape index (κ1) is 15.6. The summed E-state index contributed by atoms with van der Waals surface area (Å²) in [6.07, 6.45) is 0. The highest BCUT2D eigenvalue weighted by atomic mass is 16.3. The van der Waals surface area contributed by atoms with Gasteiger partial charge in [-0.05, 0) is 52.6 Å². The van der Waals surface area contributed by atoms with Gasteiger partial charge in [0.15, 0.2) is 0 Å². The first-order valence-corrected chi connectivity index (χ1v) is 7.33. The third-order valence-electron chi connectivity index (χ3n) is 3.85. The van der Waals surface area contributed by atoms with Crippen LogP contribution in [0.4, 0.5) is 0 Å². The lowest BCUT2D eigenvalue weighted by Gasteiger charge is -2.16. The van der Waals surface area contributed by atoms with Gasteiger partial charge in [-0.3, -0.25) is 0 Å². The average Bonchev–Trinajstić information content (AvgIpc) is 2.58. The summed E-state index contributed by atoms with van der Waals surface area (Å²) < 4.78 is 0. The van der Waals surface area contributed by atoms with Crippen LogP contribution < -0.4 is 0 Å². The molecule has 3 aromatic carbocycles. The zero-order chi connectivity index (χ0) is 17.1. The summed E-state index contributed by atoms with van der Waals surface area (Å²) in [6.45, 7) is -0.173. The Morgan fingerprint density at radius 3 is 1.79 bits per heavy atom. The van der Waals surface area contributed by atoms with Crippen LogP contribution in [0.1, 0.15) is 5.56 Å². The molecule has 0 aliphatic carbocycles. The van der Waals surface area contributed by atoms with E-state index in [2.05, 4.69) is 5.18 Å². The maximum absolute atomic E-state index is 10.8. The van der Waals surface area contributed by atoms with Crippen molar-refractivity contribution >= 4 is 0 Å². The molecular formula is C19H15NO4. The van der Waals surface area contributed by atoms with Crippen LogP contribution in [0.2, 0.25) is 0 Å². The Morgan fingerprint density at radius 2 is 1.25 bits per heavy atom. The number of hydrogen-bond donors (Lipinski definition) is 3. The van der Waals surface area contributed by atoms with Gasteiger partial charge >= 0.3 is 0 Å². The Hall–Kier alpha value is -3.34. The molecule has 0 aromatic heterocycles. The molecule has 0 saturated heterocycles. The van der Waals surface area contributed by atoms with Gasteiger partial charge in [-0.2, -0.15) is 4.91 Å². The number of nitrogens with zero attached hydrogens (tertiary/aromatic N) is 1. The molecule has 0 unspecified atom stereocenters. The van der Waals surface area contributed by atoms with E-state index in [0.29, 0.717) is 11.1 Å². The van der Waals surface area contributed by atoms with Crippen LogP contribution >= 0.6 is 0 Å². The fourth-order valence-corrected chi connectivity index (χ4v) is 2.70. The zero-order valence-electron chi connectivity index (χ0n) is 12.7. The summed E-state index contributed by atoms with van der Waals surface area (Å²) in [5.74, 6) is 0.263. The van der Waals surface area contributed by atoms with Crippen molar-refractivity contribution in [3.63, 3.8) is 0 Å². The first-order valence-electron chi connectivity index (χ1n) is 7.33. The van der Waals surface area contributed by atoms with Gasteiger partial charge in [-0.25, -0.2) is 0 Å². The molecular weight excluding hydrogens is 306 g/mol. The number of hydrogen-bond acceptors (Lipinski definition) is 5. The lowest BCUT2D eigenvalue weighted by molar-refractivity contribution is 0.468. The van der Waals surface area contributed by atoms with E-state index in [1.807, 2.05) is 0 Å². The van der Waals surface area contributed by atoms with Crippen LogP contribution in [-0.4, -0.2) is 15.3 Å². The number of phenols is 3. The second-order valence-corrected chi connectivity index (χ2v) is 5.37. The Bertz CT molecular complexity index is 871. The standard InChI is InChI=1S/C19H15NO4/c21-14-5-1-12(2-6-14)16-9-10-18(23)17(11-20-24)19(16)13-3-7-15(22)8-4-13/h1-10,21-23H,11H2. The maximum Gasteiger partial charge on any atom is 0.121 e. The van der Waals surface area contributed by atoms with Gasteiger partial charge < -0.3 is 15.3 Å². The summed E-state index contributed by atoms with van der Waals surface area (Å²) in [6, 6.07) is 16.4. The van der Waals surface area contributed by atoms with Crippen molar-refractivity contribution in [2.75, 3.05) is 0 Å². The zero-order valence-corrected chi connectivity index (χ0v) is 12.7. The van der Waals surface area contributed by atoms with Gasteiger partial charge in [0.05, 0.1) is 0 Å². The van der Waals surface area contributed by atoms with Gasteiger partial charge in [0, 0.05) is 5.56 Å². The molecule has 3 aromatic rings. The maximum atomic E-state index is 10.8. The highest BCUT2D eigenvalue weighted by Crippen LogP contribution is 2.40. The first-order chi connectivity index (χ1) is 11.6. The van der Waals surface area contributed by atoms with Gasteiger partial charge in [-0.1, -0.05) is 35.5 Å². The lowest BCUT2D eigenvalue weighted by Crippen LogP contribution is -1.93. The smallest absolute Gasteiger partial charge is 0.121 e. The molecule has 0 aliphatic heterocycles. The normalized spacial score (nSPS) is 10.5. The van der Waals surface area contributed by atoms with Crippen LogP contribution in [0.15, 0.2) is 65.8 Å². The number of rotatable bonds is 4. The summed E-state index contributed by atoms with van der Waals surface area (Å²) in [4.78, 5) is 10.8. The van der Waals surface area contributed by atoms with Crippen molar-refractivity contribution in [2.24, 2.45) is 5.18 Å². The van der Waals surface area contributed by atoms with Gasteiger partial charge in [-0.15, -0.1) is 0 Å². The molecule has 0 fully saturated rings. The molecule has 5 heteroatoms. The molecule has 0 aliphatic rings. The monoisotopic (exact) mass is 321 g/mol. The summed E-state index contributed by atoms with van der Waals surface area (Å²) in [5, 5.41) is 32.1. The van der Waals surface area contributed by atoms with Crippen LogP contribution in [-0.2, 0) is 6.54 Å². The molecule has 0 amide bonds. The predicted octanol–water partition coefficient (Wildman–Crippen LogP) is 4.40. The molecule has 3 N–H and O–H groups in total. The second kappa shape index (κ2) is 6.42. The van der Waals surface area contributed by atoms with Gasteiger partial charge in [0.25, 0.3) is 0 Å². The number of nitroso groups, excluding NO2 is 1. The van der Waals surface area contributed by atoms with Crippen molar-refractivity contribution in [3.05, 3.63) is 71.1 Å². The number of phenolic OH excluding ortho intramolecular Hbond substituents is 3. The molecule has 120 valence electrons. The largest absolute Gasteiger partial charge is 0.508 e. The minimum atomic E-state index is -0.173.